The van der Waals surface area contributed by atoms with E-state index < -0.39 is 23.4 Å². The highest BCUT2D eigenvalue weighted by molar-refractivity contribution is 5.90. The van der Waals surface area contributed by atoms with Gasteiger partial charge in [0.15, 0.2) is 0 Å². The number of allylic oxidation sites excluding steroid dienone is 1. The molecule has 22 heavy (non-hydrogen) atoms. The van der Waals surface area contributed by atoms with Crippen molar-refractivity contribution in [2.45, 2.75) is 31.0 Å². The Kier molecular flexibility index (Phi) is 4.75. The number of carbonyl (C=O) groups is 1. The van der Waals surface area contributed by atoms with Crippen LogP contribution in [0, 0.1) is 0 Å². The summed E-state index contributed by atoms with van der Waals surface area (Å²) < 4.78 is 38.4. The summed E-state index contributed by atoms with van der Waals surface area (Å²) in [5, 5.41) is 14.7. The first-order valence-corrected chi connectivity index (χ1v) is 6.91. The lowest BCUT2D eigenvalue weighted by molar-refractivity contribution is -0.136. The summed E-state index contributed by atoms with van der Waals surface area (Å²) in [4.78, 5) is 11.8. The zero-order chi connectivity index (χ0) is 16.2. The van der Waals surface area contributed by atoms with E-state index in [-0.39, 0.29) is 12.2 Å². The summed E-state index contributed by atoms with van der Waals surface area (Å²) in [6, 6.07) is 3.94. The highest BCUT2D eigenvalue weighted by Crippen LogP contribution is 2.34. The van der Waals surface area contributed by atoms with Crippen LogP contribution in [0.15, 0.2) is 36.4 Å². The van der Waals surface area contributed by atoms with E-state index in [0.717, 1.165) is 18.9 Å². The number of halogens is 3. The van der Waals surface area contributed by atoms with Crippen molar-refractivity contribution in [2.24, 2.45) is 0 Å². The summed E-state index contributed by atoms with van der Waals surface area (Å²) in [6.45, 7) is -0.0521. The van der Waals surface area contributed by atoms with Gasteiger partial charge in [-0.3, -0.25) is 0 Å². The lowest BCUT2D eigenvalue weighted by Crippen LogP contribution is -2.43. The van der Waals surface area contributed by atoms with E-state index in [9.17, 15) is 23.1 Å². The van der Waals surface area contributed by atoms with E-state index in [1.165, 1.54) is 18.2 Å². The van der Waals surface area contributed by atoms with Crippen molar-refractivity contribution < 1.29 is 23.1 Å². The molecule has 0 aromatic heterocycles. The Bertz CT molecular complexity index is 572. The Morgan fingerprint density at radius 3 is 2.68 bits per heavy atom. The average Bonchev–Trinajstić information content (AvgIpc) is 2.46. The van der Waals surface area contributed by atoms with E-state index >= 15 is 0 Å². The molecule has 0 fully saturated rings. The number of rotatable bonds is 3. The molecule has 2 amide bonds. The maximum Gasteiger partial charge on any atom is 0.418 e. The molecule has 1 aliphatic carbocycles. The molecular weight excluding hydrogens is 297 g/mol. The number of carbonyl (C=O) groups excluding carboxylic acids is 1. The topological polar surface area (TPSA) is 61.4 Å². The smallest absolute Gasteiger partial charge is 0.384 e. The number of amides is 2. The van der Waals surface area contributed by atoms with Crippen molar-refractivity contribution in [3.63, 3.8) is 0 Å². The fourth-order valence-electron chi connectivity index (χ4n) is 2.30. The number of hydrogen-bond donors (Lipinski definition) is 3. The second-order valence-corrected chi connectivity index (χ2v) is 5.25. The van der Waals surface area contributed by atoms with Crippen LogP contribution in [-0.4, -0.2) is 23.3 Å². The molecule has 0 saturated carbocycles. The number of hydrogen-bond acceptors (Lipinski definition) is 2. The summed E-state index contributed by atoms with van der Waals surface area (Å²) in [7, 11) is 0. The lowest BCUT2D eigenvalue weighted by atomic mass is 9.91. The molecule has 0 unspecified atom stereocenters. The van der Waals surface area contributed by atoms with Gasteiger partial charge in [-0.1, -0.05) is 24.3 Å². The highest BCUT2D eigenvalue weighted by atomic mass is 19.4. The molecule has 7 heteroatoms. The van der Waals surface area contributed by atoms with Crippen LogP contribution in [0.3, 0.4) is 0 Å². The summed E-state index contributed by atoms with van der Waals surface area (Å²) in [6.07, 6.45) is 1.06. The van der Waals surface area contributed by atoms with Crippen LogP contribution in [0.2, 0.25) is 0 Å². The summed E-state index contributed by atoms with van der Waals surface area (Å²) >= 11 is 0. The van der Waals surface area contributed by atoms with Crippen molar-refractivity contribution in [3.05, 3.63) is 42.0 Å². The Labute approximate surface area is 126 Å². The second-order valence-electron chi connectivity index (χ2n) is 5.25. The van der Waals surface area contributed by atoms with E-state index in [2.05, 4.69) is 10.6 Å². The maximum atomic E-state index is 12.8. The number of anilines is 1. The van der Waals surface area contributed by atoms with Gasteiger partial charge in [0.05, 0.1) is 17.8 Å². The van der Waals surface area contributed by atoms with Gasteiger partial charge in [0, 0.05) is 0 Å². The van der Waals surface area contributed by atoms with Crippen LogP contribution in [0.5, 0.6) is 0 Å². The standard InChI is InChI=1S/C15H17F3N2O2/c16-15(17,18)11-6-2-3-7-12(11)20-13(21)19-10-14(22)8-4-1-5-9-14/h2-4,6-8,22H,1,5,9-10H2,(H2,19,20,21)/t14-/m0/s1. The zero-order valence-electron chi connectivity index (χ0n) is 11.8. The molecule has 2 rings (SSSR count). The molecule has 0 heterocycles. The number of aliphatic hydroxyl groups is 1. The Morgan fingerprint density at radius 2 is 2.05 bits per heavy atom. The first-order valence-electron chi connectivity index (χ1n) is 6.91. The maximum absolute atomic E-state index is 12.8. The first kappa shape index (κ1) is 16.4. The van der Waals surface area contributed by atoms with Crippen LogP contribution in [0.1, 0.15) is 24.8 Å². The minimum Gasteiger partial charge on any atom is -0.384 e. The van der Waals surface area contributed by atoms with Gasteiger partial charge in [0.2, 0.25) is 0 Å². The van der Waals surface area contributed by atoms with Crippen LogP contribution in [0.4, 0.5) is 23.7 Å². The van der Waals surface area contributed by atoms with Crippen LogP contribution >= 0.6 is 0 Å². The van der Waals surface area contributed by atoms with Crippen molar-refractivity contribution in [2.75, 3.05) is 11.9 Å². The van der Waals surface area contributed by atoms with Gasteiger partial charge < -0.3 is 15.7 Å². The Balaban J connectivity index is 1.98. The molecule has 3 N–H and O–H groups in total. The van der Waals surface area contributed by atoms with Gasteiger partial charge in [-0.05, 0) is 31.4 Å². The number of alkyl halides is 3. The molecule has 0 bridgehead atoms. The van der Waals surface area contributed by atoms with Crippen LogP contribution < -0.4 is 10.6 Å². The zero-order valence-corrected chi connectivity index (χ0v) is 11.8. The normalized spacial score (nSPS) is 21.5. The molecule has 4 nitrogen and oxygen atoms in total. The fourth-order valence-corrected chi connectivity index (χ4v) is 2.30. The Morgan fingerprint density at radius 1 is 1.32 bits per heavy atom. The third-order valence-electron chi connectivity index (χ3n) is 3.44. The summed E-state index contributed by atoms with van der Waals surface area (Å²) in [5.74, 6) is 0. The number of benzene rings is 1. The number of urea groups is 1. The minimum absolute atomic E-state index is 0.0521. The number of para-hydroxylation sites is 1. The molecule has 0 aliphatic heterocycles. The monoisotopic (exact) mass is 314 g/mol. The van der Waals surface area contributed by atoms with Crippen molar-refractivity contribution >= 4 is 11.7 Å². The highest BCUT2D eigenvalue weighted by Gasteiger charge is 2.33. The summed E-state index contributed by atoms with van der Waals surface area (Å²) in [5.41, 5.74) is -2.38. The van der Waals surface area contributed by atoms with Crippen molar-refractivity contribution in [1.82, 2.24) is 5.32 Å². The van der Waals surface area contributed by atoms with E-state index in [4.69, 9.17) is 0 Å². The molecular formula is C15H17F3N2O2. The largest absolute Gasteiger partial charge is 0.418 e. The molecule has 1 aliphatic rings. The molecule has 0 radical (unpaired) electrons. The first-order chi connectivity index (χ1) is 10.3. The van der Waals surface area contributed by atoms with Gasteiger partial charge in [0.1, 0.15) is 5.60 Å². The quantitative estimate of drug-likeness (QED) is 0.750. The van der Waals surface area contributed by atoms with Crippen molar-refractivity contribution in [3.8, 4) is 0 Å². The van der Waals surface area contributed by atoms with Gasteiger partial charge >= 0.3 is 12.2 Å². The van der Waals surface area contributed by atoms with Gasteiger partial charge in [-0.2, -0.15) is 13.2 Å². The van der Waals surface area contributed by atoms with Gasteiger partial charge in [-0.15, -0.1) is 0 Å². The molecule has 1 aromatic rings. The predicted octanol–water partition coefficient (Wildman–Crippen LogP) is 3.30. The fraction of sp³-hybridized carbons (Fsp3) is 0.400. The van der Waals surface area contributed by atoms with Gasteiger partial charge in [0.25, 0.3) is 0 Å². The third kappa shape index (κ3) is 4.24. The molecule has 1 atom stereocenters. The predicted molar refractivity (Wildman–Crippen MR) is 76.4 cm³/mol. The molecule has 0 spiro atoms. The Hall–Kier alpha value is -2.02. The third-order valence-corrected chi connectivity index (χ3v) is 3.44. The van der Waals surface area contributed by atoms with E-state index in [0.29, 0.717) is 6.42 Å². The average molecular weight is 314 g/mol. The molecule has 1 aromatic carbocycles. The molecule has 0 saturated heterocycles. The molecule has 120 valence electrons. The van der Waals surface area contributed by atoms with Crippen LogP contribution in [-0.2, 0) is 6.18 Å². The lowest BCUT2D eigenvalue weighted by Gasteiger charge is -2.27. The second kappa shape index (κ2) is 6.39. The minimum atomic E-state index is -4.55. The van der Waals surface area contributed by atoms with Gasteiger partial charge in [-0.25, -0.2) is 4.79 Å². The van der Waals surface area contributed by atoms with Crippen molar-refractivity contribution in [1.29, 1.82) is 0 Å². The SMILES string of the molecule is O=C(NC[C@]1(O)C=CCCC1)Nc1ccccc1C(F)(F)F. The van der Waals surface area contributed by atoms with Crippen LogP contribution in [0.25, 0.3) is 0 Å². The van der Waals surface area contributed by atoms with E-state index in [1.807, 2.05) is 6.08 Å². The number of nitrogens with one attached hydrogen (secondary N) is 2. The van der Waals surface area contributed by atoms with E-state index in [1.54, 1.807) is 6.08 Å².